The van der Waals surface area contributed by atoms with Gasteiger partial charge in [0, 0.05) is 81.2 Å². The number of carbonyl (C=O) groups is 2. The zero-order chi connectivity index (χ0) is 39.8. The zero-order valence-corrected chi connectivity index (χ0v) is 33.0. The molecule has 2 amide bonds. The van der Waals surface area contributed by atoms with E-state index in [-0.39, 0.29) is 11.8 Å². The quantitative estimate of drug-likeness (QED) is 0.189. The van der Waals surface area contributed by atoms with Crippen LogP contribution in [0.15, 0.2) is 120 Å². The van der Waals surface area contributed by atoms with Crippen LogP contribution in [0.4, 0.5) is 0 Å². The number of hydrogen-bond donors (Lipinski definition) is 2. The van der Waals surface area contributed by atoms with Gasteiger partial charge < -0.3 is 15.0 Å². The van der Waals surface area contributed by atoms with Crippen molar-refractivity contribution in [2.75, 3.05) is 26.2 Å². The minimum Gasteiger partial charge on any atom is -0.348 e. The van der Waals surface area contributed by atoms with Gasteiger partial charge in [0.2, 0.25) is 20.0 Å². The minimum atomic E-state index is -3.44. The molecular weight excluding hydrogens is 765 g/mol. The number of pyridine rings is 3. The van der Waals surface area contributed by atoms with Crippen LogP contribution in [0.3, 0.4) is 0 Å². The number of amides is 2. The molecule has 2 aliphatic heterocycles. The van der Waals surface area contributed by atoms with Crippen molar-refractivity contribution in [1.29, 1.82) is 0 Å². The van der Waals surface area contributed by atoms with Gasteiger partial charge in [0.15, 0.2) is 0 Å². The number of hydrogen-bond acceptors (Lipinski definition) is 9. The molecular formula is C41H44N8O6S2. The summed E-state index contributed by atoms with van der Waals surface area (Å²) < 4.78 is 55.7. The van der Waals surface area contributed by atoms with Gasteiger partial charge in [-0.15, -0.1) is 0 Å². The van der Waals surface area contributed by atoms with Crippen LogP contribution < -0.4 is 10.6 Å². The lowest BCUT2D eigenvalue weighted by molar-refractivity contribution is 0.0940. The van der Waals surface area contributed by atoms with Crippen molar-refractivity contribution in [3.63, 3.8) is 0 Å². The van der Waals surface area contributed by atoms with E-state index in [1.165, 1.54) is 0 Å². The first-order chi connectivity index (χ1) is 27.6. The van der Waals surface area contributed by atoms with Gasteiger partial charge in [-0.2, -0.15) is 8.61 Å². The summed E-state index contributed by atoms with van der Waals surface area (Å²) in [5.74, 6) is -0.482. The summed E-state index contributed by atoms with van der Waals surface area (Å²) >= 11 is 0. The topological polar surface area (TPSA) is 176 Å². The summed E-state index contributed by atoms with van der Waals surface area (Å²) in [6.07, 6.45) is 14.4. The number of carbonyl (C=O) groups excluding carboxylic acids is 2. The molecule has 2 N–H and O–H groups in total. The smallest absolute Gasteiger partial charge is 0.270 e. The number of aromatic nitrogens is 4. The fourth-order valence-corrected chi connectivity index (χ4v) is 9.80. The van der Waals surface area contributed by atoms with Crippen molar-refractivity contribution in [2.24, 2.45) is 0 Å². The summed E-state index contributed by atoms with van der Waals surface area (Å²) in [5.41, 5.74) is 3.93. The van der Waals surface area contributed by atoms with Crippen LogP contribution in [0.25, 0.3) is 16.6 Å². The molecule has 4 aromatic heterocycles. The Hall–Kier alpha value is -5.55. The van der Waals surface area contributed by atoms with E-state index >= 15 is 0 Å². The van der Waals surface area contributed by atoms with Crippen LogP contribution in [-0.4, -0.2) is 82.8 Å². The van der Waals surface area contributed by atoms with E-state index in [1.807, 2.05) is 16.7 Å². The standard InChI is InChI=1S/C21H22N4O3S.C20H22N4O3S/c26-21(20-9-6-17-15-22-11-10-19(17)24-20)23-14-16-4-7-18(8-5-16)29(27,28)25-12-2-1-3-13-25;25-20(17-8-12-23-13-9-21-19(23)14-17)22-15-16-4-6-18(7-5-16)28(26,27)24-10-2-1-3-11-24/h4-11,15H,1-3,12-14H2,(H,23,26);4-9,12-14H,1-3,10-11,15H2,(H,22,25). The van der Waals surface area contributed by atoms with Crippen LogP contribution in [-0.2, 0) is 33.1 Å². The van der Waals surface area contributed by atoms with E-state index in [4.69, 9.17) is 0 Å². The second kappa shape index (κ2) is 17.7. The van der Waals surface area contributed by atoms with Gasteiger partial charge in [-0.25, -0.2) is 26.8 Å². The van der Waals surface area contributed by atoms with Gasteiger partial charge in [0.25, 0.3) is 11.8 Å². The molecule has 0 saturated carbocycles. The highest BCUT2D eigenvalue weighted by Crippen LogP contribution is 2.22. The molecule has 57 heavy (non-hydrogen) atoms. The molecule has 296 valence electrons. The van der Waals surface area contributed by atoms with Crippen LogP contribution in [0.2, 0.25) is 0 Å². The molecule has 14 nitrogen and oxygen atoms in total. The number of piperidine rings is 2. The van der Waals surface area contributed by atoms with Crippen LogP contribution in [0.5, 0.6) is 0 Å². The predicted molar refractivity (Wildman–Crippen MR) is 215 cm³/mol. The summed E-state index contributed by atoms with van der Waals surface area (Å²) in [6, 6.07) is 22.1. The Bertz CT molecular complexity index is 2570. The minimum absolute atomic E-state index is 0.199. The molecule has 6 heterocycles. The highest BCUT2D eigenvalue weighted by Gasteiger charge is 2.27. The average molecular weight is 809 g/mol. The summed E-state index contributed by atoms with van der Waals surface area (Å²) in [4.78, 5) is 37.9. The lowest BCUT2D eigenvalue weighted by Gasteiger charge is -2.25. The molecule has 0 radical (unpaired) electrons. The van der Waals surface area contributed by atoms with Gasteiger partial charge in [0.05, 0.1) is 15.3 Å². The predicted octanol–water partition coefficient (Wildman–Crippen LogP) is 5.17. The van der Waals surface area contributed by atoms with Crippen molar-refractivity contribution >= 4 is 48.4 Å². The SMILES string of the molecule is O=C(NCc1ccc(S(=O)(=O)N2CCCCC2)cc1)c1ccc2cnccc2n1.O=C(NCc1ccc(S(=O)(=O)N2CCCCC2)cc1)c1ccn2ccnc2c1. The Morgan fingerprint density at radius 1 is 0.614 bits per heavy atom. The number of nitrogens with zero attached hydrogens (tertiary/aromatic N) is 6. The Morgan fingerprint density at radius 3 is 1.75 bits per heavy atom. The molecule has 0 spiro atoms. The first-order valence-electron chi connectivity index (χ1n) is 19.0. The lowest BCUT2D eigenvalue weighted by atomic mass is 10.2. The van der Waals surface area contributed by atoms with Gasteiger partial charge in [-0.3, -0.25) is 14.6 Å². The van der Waals surface area contributed by atoms with Crippen LogP contribution in [0, 0.1) is 0 Å². The van der Waals surface area contributed by atoms with Gasteiger partial charge >= 0.3 is 0 Å². The summed E-state index contributed by atoms with van der Waals surface area (Å²) in [6.45, 7) is 2.94. The van der Waals surface area contributed by atoms with E-state index in [1.54, 1.807) is 106 Å². The van der Waals surface area contributed by atoms with E-state index in [0.717, 1.165) is 55.0 Å². The number of benzene rings is 2. The number of sulfonamides is 2. The molecule has 2 saturated heterocycles. The maximum absolute atomic E-state index is 12.7. The van der Waals surface area contributed by atoms with E-state index in [2.05, 4.69) is 25.6 Å². The first-order valence-corrected chi connectivity index (χ1v) is 21.8. The molecule has 0 bridgehead atoms. The molecule has 0 aliphatic carbocycles. The van der Waals surface area contributed by atoms with Gasteiger partial charge in [-0.05, 0) is 91.4 Å². The summed E-state index contributed by atoms with van der Waals surface area (Å²) in [7, 11) is -6.87. The molecule has 2 fully saturated rings. The Labute approximate surface area is 332 Å². The molecule has 2 aromatic carbocycles. The third-order valence-corrected chi connectivity index (χ3v) is 13.9. The van der Waals surface area contributed by atoms with Crippen molar-refractivity contribution in [1.82, 2.24) is 38.6 Å². The molecule has 16 heteroatoms. The molecule has 2 aliphatic rings. The Balaban J connectivity index is 0.000000174. The van der Waals surface area contributed by atoms with Crippen molar-refractivity contribution in [2.45, 2.75) is 61.4 Å². The lowest BCUT2D eigenvalue weighted by Crippen LogP contribution is -2.35. The van der Waals surface area contributed by atoms with Gasteiger partial charge in [-0.1, -0.05) is 37.1 Å². The number of fused-ring (bicyclic) bond motifs is 2. The fraction of sp³-hybridized carbons (Fsp3) is 0.293. The fourth-order valence-electron chi connectivity index (χ4n) is 6.77. The van der Waals surface area contributed by atoms with Crippen molar-refractivity contribution in [3.05, 3.63) is 132 Å². The van der Waals surface area contributed by atoms with Crippen LogP contribution in [0.1, 0.15) is 70.5 Å². The number of rotatable bonds is 10. The molecule has 0 unspecified atom stereocenters. The second-order valence-corrected chi connectivity index (χ2v) is 17.8. The van der Waals surface area contributed by atoms with Crippen molar-refractivity contribution < 1.29 is 26.4 Å². The Morgan fingerprint density at radius 2 is 1.18 bits per heavy atom. The van der Waals surface area contributed by atoms with Gasteiger partial charge in [0.1, 0.15) is 11.3 Å². The summed E-state index contributed by atoms with van der Waals surface area (Å²) in [5, 5.41) is 6.55. The third-order valence-electron chi connectivity index (χ3n) is 10.0. The molecule has 8 rings (SSSR count). The van der Waals surface area contributed by atoms with E-state index < -0.39 is 20.0 Å². The average Bonchev–Trinajstić information content (AvgIpc) is 3.74. The third kappa shape index (κ3) is 9.53. The molecule has 6 aromatic rings. The number of nitrogens with one attached hydrogen (secondary N) is 2. The van der Waals surface area contributed by atoms with E-state index in [9.17, 15) is 26.4 Å². The van der Waals surface area contributed by atoms with E-state index in [0.29, 0.717) is 71.5 Å². The van der Waals surface area contributed by atoms with Crippen LogP contribution >= 0.6 is 0 Å². The Kier molecular flexibility index (Phi) is 12.3. The van der Waals surface area contributed by atoms with Crippen molar-refractivity contribution in [3.8, 4) is 0 Å². The largest absolute Gasteiger partial charge is 0.348 e. The zero-order valence-electron chi connectivity index (χ0n) is 31.3. The normalized spacial score (nSPS) is 15.4. The maximum Gasteiger partial charge on any atom is 0.270 e. The number of imidazole rings is 1. The maximum atomic E-state index is 12.7. The first kappa shape index (κ1) is 39.7. The molecule has 0 atom stereocenters. The second-order valence-electron chi connectivity index (χ2n) is 14.0. The highest BCUT2D eigenvalue weighted by atomic mass is 32.2. The monoisotopic (exact) mass is 808 g/mol. The highest BCUT2D eigenvalue weighted by molar-refractivity contribution is 7.89.